The molecule has 1 aromatic carbocycles. The molecule has 19 heavy (non-hydrogen) atoms. The number of rotatable bonds is 5. The van der Waals surface area contributed by atoms with Crippen molar-refractivity contribution in [3.63, 3.8) is 0 Å². The number of ether oxygens (including phenoxy) is 5. The average Bonchev–Trinajstić information content (AvgIpc) is 2.94. The van der Waals surface area contributed by atoms with E-state index in [-0.39, 0.29) is 6.10 Å². The standard InChI is InChI=1S/C13H19NO5/c1-15-8-4-10(16-2)12(11(5-8)17-3)13-18-7-9(6-14)19-13/h4-5,9,13H,6-7,14H2,1-3H3. The lowest BCUT2D eigenvalue weighted by molar-refractivity contribution is -0.0610. The second-order valence-electron chi connectivity index (χ2n) is 4.10. The molecule has 6 heteroatoms. The van der Waals surface area contributed by atoms with E-state index in [1.165, 1.54) is 0 Å². The van der Waals surface area contributed by atoms with Crippen LogP contribution in [-0.4, -0.2) is 40.6 Å². The SMILES string of the molecule is COc1cc(OC)c(C2OCC(CN)O2)c(OC)c1. The first-order valence-electron chi connectivity index (χ1n) is 6.00. The molecular weight excluding hydrogens is 250 g/mol. The van der Waals surface area contributed by atoms with E-state index in [2.05, 4.69) is 0 Å². The fourth-order valence-electron chi connectivity index (χ4n) is 1.99. The van der Waals surface area contributed by atoms with Gasteiger partial charge in [0.1, 0.15) is 17.2 Å². The molecule has 0 aromatic heterocycles. The summed E-state index contributed by atoms with van der Waals surface area (Å²) in [4.78, 5) is 0. The highest BCUT2D eigenvalue weighted by molar-refractivity contribution is 5.51. The quantitative estimate of drug-likeness (QED) is 0.862. The minimum atomic E-state index is -0.538. The Balaban J connectivity index is 2.37. The second-order valence-corrected chi connectivity index (χ2v) is 4.10. The maximum Gasteiger partial charge on any atom is 0.191 e. The van der Waals surface area contributed by atoms with E-state index in [0.29, 0.717) is 36.0 Å². The Labute approximate surface area is 112 Å². The van der Waals surface area contributed by atoms with E-state index in [0.717, 1.165) is 0 Å². The normalized spacial score (nSPS) is 22.3. The second kappa shape index (κ2) is 6.10. The third-order valence-corrected chi connectivity index (χ3v) is 3.00. The van der Waals surface area contributed by atoms with Crippen LogP contribution in [0.15, 0.2) is 12.1 Å². The first-order valence-corrected chi connectivity index (χ1v) is 6.00. The zero-order valence-corrected chi connectivity index (χ0v) is 11.3. The van der Waals surface area contributed by atoms with Crippen LogP contribution in [-0.2, 0) is 9.47 Å². The number of methoxy groups -OCH3 is 3. The summed E-state index contributed by atoms with van der Waals surface area (Å²) >= 11 is 0. The summed E-state index contributed by atoms with van der Waals surface area (Å²) < 4.78 is 27.2. The average molecular weight is 269 g/mol. The monoisotopic (exact) mass is 269 g/mol. The predicted octanol–water partition coefficient (Wildman–Crippen LogP) is 1.09. The summed E-state index contributed by atoms with van der Waals surface area (Å²) in [6, 6.07) is 3.53. The highest BCUT2D eigenvalue weighted by atomic mass is 16.7. The van der Waals surface area contributed by atoms with Gasteiger partial charge in [0.05, 0.1) is 39.6 Å². The Morgan fingerprint density at radius 3 is 2.21 bits per heavy atom. The molecule has 2 atom stereocenters. The minimum absolute atomic E-state index is 0.110. The van der Waals surface area contributed by atoms with E-state index in [1.807, 2.05) is 0 Å². The highest BCUT2D eigenvalue weighted by Gasteiger charge is 2.31. The predicted molar refractivity (Wildman–Crippen MR) is 68.7 cm³/mol. The van der Waals surface area contributed by atoms with Crippen LogP contribution in [0.25, 0.3) is 0 Å². The third-order valence-electron chi connectivity index (χ3n) is 3.00. The molecule has 1 fully saturated rings. The molecule has 1 aliphatic heterocycles. The molecule has 2 N–H and O–H groups in total. The zero-order valence-electron chi connectivity index (χ0n) is 11.3. The first-order chi connectivity index (χ1) is 9.23. The molecule has 106 valence electrons. The molecule has 1 aromatic rings. The van der Waals surface area contributed by atoms with E-state index >= 15 is 0 Å². The molecule has 2 unspecified atom stereocenters. The van der Waals surface area contributed by atoms with Gasteiger partial charge in [-0.3, -0.25) is 0 Å². The van der Waals surface area contributed by atoms with Gasteiger partial charge in [-0.15, -0.1) is 0 Å². The topological polar surface area (TPSA) is 72.2 Å². The van der Waals surface area contributed by atoms with Crippen LogP contribution < -0.4 is 19.9 Å². The van der Waals surface area contributed by atoms with Crippen molar-refractivity contribution in [2.24, 2.45) is 5.73 Å². The lowest BCUT2D eigenvalue weighted by Gasteiger charge is -2.19. The summed E-state index contributed by atoms with van der Waals surface area (Å²) in [5.74, 6) is 1.84. The summed E-state index contributed by atoms with van der Waals surface area (Å²) in [5.41, 5.74) is 6.28. The molecule has 0 saturated carbocycles. The van der Waals surface area contributed by atoms with Gasteiger partial charge in [-0.1, -0.05) is 0 Å². The smallest absolute Gasteiger partial charge is 0.191 e. The van der Waals surface area contributed by atoms with Crippen molar-refractivity contribution in [1.82, 2.24) is 0 Å². The molecular formula is C13H19NO5. The van der Waals surface area contributed by atoms with Crippen LogP contribution in [0.4, 0.5) is 0 Å². The molecule has 6 nitrogen and oxygen atoms in total. The molecule has 0 aliphatic carbocycles. The van der Waals surface area contributed by atoms with Crippen LogP contribution in [0.2, 0.25) is 0 Å². The van der Waals surface area contributed by atoms with E-state index in [9.17, 15) is 0 Å². The van der Waals surface area contributed by atoms with Crippen molar-refractivity contribution in [3.05, 3.63) is 17.7 Å². The van der Waals surface area contributed by atoms with E-state index < -0.39 is 6.29 Å². The van der Waals surface area contributed by atoms with E-state index in [1.54, 1.807) is 33.5 Å². The number of hydrogen-bond donors (Lipinski definition) is 1. The number of benzene rings is 1. The van der Waals surface area contributed by atoms with Crippen LogP contribution >= 0.6 is 0 Å². The van der Waals surface area contributed by atoms with Gasteiger partial charge in [0, 0.05) is 18.7 Å². The summed E-state index contributed by atoms with van der Waals surface area (Å²) in [6.07, 6.45) is -0.647. The Hall–Kier alpha value is -1.50. The lowest BCUT2D eigenvalue weighted by Crippen LogP contribution is -2.21. The van der Waals surface area contributed by atoms with Gasteiger partial charge in [-0.05, 0) is 0 Å². The van der Waals surface area contributed by atoms with Crippen molar-refractivity contribution < 1.29 is 23.7 Å². The highest BCUT2D eigenvalue weighted by Crippen LogP contribution is 2.42. The maximum atomic E-state index is 5.71. The Morgan fingerprint density at radius 1 is 1.16 bits per heavy atom. The summed E-state index contributed by atoms with van der Waals surface area (Å²) in [6.45, 7) is 0.872. The van der Waals surface area contributed by atoms with Gasteiger partial charge in [0.2, 0.25) is 0 Å². The summed E-state index contributed by atoms with van der Waals surface area (Å²) in [7, 11) is 4.74. The Kier molecular flexibility index (Phi) is 4.47. The van der Waals surface area contributed by atoms with Crippen molar-refractivity contribution in [2.45, 2.75) is 12.4 Å². The van der Waals surface area contributed by atoms with Crippen molar-refractivity contribution in [2.75, 3.05) is 34.5 Å². The van der Waals surface area contributed by atoms with E-state index in [4.69, 9.17) is 29.4 Å². The Morgan fingerprint density at radius 2 is 1.79 bits per heavy atom. The van der Waals surface area contributed by atoms with Crippen molar-refractivity contribution >= 4 is 0 Å². The zero-order chi connectivity index (χ0) is 13.8. The third kappa shape index (κ3) is 2.75. The van der Waals surface area contributed by atoms with Crippen LogP contribution in [0.3, 0.4) is 0 Å². The lowest BCUT2D eigenvalue weighted by atomic mass is 10.1. The number of nitrogens with two attached hydrogens (primary N) is 1. The van der Waals surface area contributed by atoms with Crippen LogP contribution in [0.1, 0.15) is 11.9 Å². The number of hydrogen-bond acceptors (Lipinski definition) is 6. The molecule has 1 aliphatic rings. The van der Waals surface area contributed by atoms with Crippen LogP contribution in [0, 0.1) is 0 Å². The molecule has 0 radical (unpaired) electrons. The molecule has 1 heterocycles. The van der Waals surface area contributed by atoms with Gasteiger partial charge >= 0.3 is 0 Å². The molecule has 0 amide bonds. The molecule has 0 bridgehead atoms. The van der Waals surface area contributed by atoms with Gasteiger partial charge in [-0.2, -0.15) is 0 Å². The molecule has 2 rings (SSSR count). The largest absolute Gasteiger partial charge is 0.496 e. The maximum absolute atomic E-state index is 5.71. The van der Waals surface area contributed by atoms with Crippen molar-refractivity contribution in [1.29, 1.82) is 0 Å². The van der Waals surface area contributed by atoms with Crippen molar-refractivity contribution in [3.8, 4) is 17.2 Å². The Bertz CT molecular complexity index is 412. The van der Waals surface area contributed by atoms with Gasteiger partial charge < -0.3 is 29.4 Å². The van der Waals surface area contributed by atoms with Gasteiger partial charge in [-0.25, -0.2) is 0 Å². The van der Waals surface area contributed by atoms with Gasteiger partial charge in [0.25, 0.3) is 0 Å². The fraction of sp³-hybridized carbons (Fsp3) is 0.538. The first kappa shape index (κ1) is 13.9. The van der Waals surface area contributed by atoms with Crippen LogP contribution in [0.5, 0.6) is 17.2 Å². The molecule has 1 saturated heterocycles. The summed E-state index contributed by atoms with van der Waals surface area (Å²) in [5, 5.41) is 0. The van der Waals surface area contributed by atoms with Gasteiger partial charge in [0.15, 0.2) is 6.29 Å². The minimum Gasteiger partial charge on any atom is -0.496 e. The fourth-order valence-corrected chi connectivity index (χ4v) is 1.99. The molecule has 0 spiro atoms.